The van der Waals surface area contributed by atoms with Gasteiger partial charge in [0.2, 0.25) is 11.8 Å². The van der Waals surface area contributed by atoms with Gasteiger partial charge < -0.3 is 66.9 Å². The zero-order valence-electron chi connectivity index (χ0n) is 46.5. The van der Waals surface area contributed by atoms with E-state index >= 15 is 0 Å². The number of benzene rings is 1. The number of rotatable bonds is 25. The molecule has 1 aromatic rings. The first-order valence-corrected chi connectivity index (χ1v) is 28.4. The number of esters is 8. The number of halogens is 3. The molecule has 26 nitrogen and oxygen atoms in total. The van der Waals surface area contributed by atoms with Crippen molar-refractivity contribution in [2.75, 3.05) is 34.0 Å². The maximum absolute atomic E-state index is 14.8. The Bertz CT molecular complexity index is 2390. The van der Waals surface area contributed by atoms with Gasteiger partial charge in [-0.25, -0.2) is 9.59 Å². The van der Waals surface area contributed by atoms with Gasteiger partial charge in [0.1, 0.15) is 43.2 Å². The molecular formula is C50H69F3N2O24Si. The molecule has 0 bridgehead atoms. The van der Waals surface area contributed by atoms with Crippen LogP contribution < -0.4 is 5.32 Å². The van der Waals surface area contributed by atoms with Gasteiger partial charge in [-0.3, -0.25) is 48.1 Å². The second-order valence-corrected chi connectivity index (χ2v) is 25.3. The van der Waals surface area contributed by atoms with Crippen molar-refractivity contribution >= 4 is 73.5 Å². The first-order chi connectivity index (χ1) is 37.1. The van der Waals surface area contributed by atoms with Gasteiger partial charge >= 0.3 is 59.8 Å². The molecule has 0 spiro atoms. The monoisotopic (exact) mass is 1170 g/mol. The van der Waals surface area contributed by atoms with E-state index in [2.05, 4.69) is 0 Å². The molecule has 30 heteroatoms. The Morgan fingerprint density at radius 2 is 1.16 bits per heavy atom. The molecule has 448 valence electrons. The molecule has 2 aliphatic heterocycles. The Hall–Kier alpha value is -6.60. The van der Waals surface area contributed by atoms with Crippen molar-refractivity contribution in [2.45, 2.75) is 179 Å². The first kappa shape index (κ1) is 67.7. The lowest BCUT2D eigenvalue weighted by molar-refractivity contribution is -0.350. The zero-order chi connectivity index (χ0) is 60.7. The van der Waals surface area contributed by atoms with Crippen LogP contribution in [0.4, 0.5) is 13.2 Å². The van der Waals surface area contributed by atoms with Crippen LogP contribution in [0.5, 0.6) is 0 Å². The average molecular weight is 1170 g/mol. The lowest BCUT2D eigenvalue weighted by Crippen LogP contribution is -2.72. The maximum atomic E-state index is 14.8. The largest absolute Gasteiger partial charge is 0.471 e. The molecule has 1 N–H and O–H groups in total. The number of ether oxygens (including phenoxy) is 13. The Labute approximate surface area is 459 Å². The quantitative estimate of drug-likeness (QED) is 0.0834. The molecule has 0 aliphatic carbocycles. The van der Waals surface area contributed by atoms with Crippen molar-refractivity contribution in [3.05, 3.63) is 35.9 Å². The molecule has 3 rings (SSSR count). The highest BCUT2D eigenvalue weighted by molar-refractivity contribution is 6.76. The topological polar surface area (TPSA) is 323 Å². The van der Waals surface area contributed by atoms with Gasteiger partial charge in [-0.1, -0.05) is 50.0 Å². The summed E-state index contributed by atoms with van der Waals surface area (Å²) in [6, 6.07) is 4.14. The normalized spacial score (nSPS) is 24.4. The highest BCUT2D eigenvalue weighted by atomic mass is 28.3. The van der Waals surface area contributed by atoms with Crippen LogP contribution >= 0.6 is 0 Å². The fraction of sp³-hybridized carbons (Fsp3) is 0.660. The molecule has 1 aromatic carbocycles. The van der Waals surface area contributed by atoms with Crippen LogP contribution in [0.3, 0.4) is 0 Å². The third-order valence-electron chi connectivity index (χ3n) is 11.9. The summed E-state index contributed by atoms with van der Waals surface area (Å²) in [5, 5.41) is 1.61. The summed E-state index contributed by atoms with van der Waals surface area (Å²) in [5.41, 5.74) is 0.472. The van der Waals surface area contributed by atoms with E-state index < -0.39 is 178 Å². The number of hydrogen-bond acceptors (Lipinski definition) is 24. The molecule has 2 saturated heterocycles. The molecule has 80 heavy (non-hydrogen) atoms. The summed E-state index contributed by atoms with van der Waals surface area (Å²) in [7, 11) is -0.342. The summed E-state index contributed by atoms with van der Waals surface area (Å²) < 4.78 is 118. The number of nitrogens with zero attached hydrogens (tertiary/aromatic N) is 1. The lowest BCUT2D eigenvalue weighted by Gasteiger charge is -2.52. The van der Waals surface area contributed by atoms with Crippen LogP contribution in [0.15, 0.2) is 30.3 Å². The second-order valence-electron chi connectivity index (χ2n) is 19.7. The van der Waals surface area contributed by atoms with Crippen LogP contribution in [0.1, 0.15) is 73.8 Å². The van der Waals surface area contributed by atoms with Crippen molar-refractivity contribution in [1.29, 1.82) is 0 Å². The van der Waals surface area contributed by atoms with Crippen LogP contribution in [-0.2, 0) is 121 Å². The van der Waals surface area contributed by atoms with Gasteiger partial charge in [-0.05, 0) is 11.6 Å². The summed E-state index contributed by atoms with van der Waals surface area (Å²) in [5.74, 6) is -20.9. The van der Waals surface area contributed by atoms with Crippen molar-refractivity contribution in [1.82, 2.24) is 10.2 Å². The predicted molar refractivity (Wildman–Crippen MR) is 263 cm³/mol. The second kappa shape index (κ2) is 29.2. The van der Waals surface area contributed by atoms with Gasteiger partial charge in [0.05, 0.1) is 46.3 Å². The minimum Gasteiger partial charge on any atom is -0.465 e. The van der Waals surface area contributed by atoms with E-state index in [1.807, 2.05) is 19.6 Å². The van der Waals surface area contributed by atoms with Gasteiger partial charge in [0.15, 0.2) is 18.3 Å². The SMILES string of the molecule is COC(=O)[C@@]1(O[C@H](COCc2ccccc2)[C@@H](OC(C)=O)[C@@H]2O[C@@](OCC[Si](C)(C)C)(C(=O)OC)C[C@H](OC(C)=O)[C@H]2N(C(C)=O)C(C)=O)C[C@H](OC(C)=O)[C@@H](NC(=O)C(F)(F)F)[C@H]([C@H](OC(C)=O)[C@@H](COC(C)=O)OC(C)=O)O1. The van der Waals surface area contributed by atoms with Gasteiger partial charge in [0.25, 0.3) is 11.6 Å². The molecule has 2 heterocycles. The smallest absolute Gasteiger partial charge is 0.465 e. The van der Waals surface area contributed by atoms with Gasteiger partial charge in [-0.2, -0.15) is 13.2 Å². The van der Waals surface area contributed by atoms with E-state index in [0.29, 0.717) is 16.5 Å². The number of carbonyl (C=O) groups is 11. The van der Waals surface area contributed by atoms with E-state index in [0.717, 1.165) is 69.6 Å². The van der Waals surface area contributed by atoms with Crippen LogP contribution in [0.2, 0.25) is 25.7 Å². The molecule has 0 aromatic heterocycles. The maximum Gasteiger partial charge on any atom is 0.471 e. The fourth-order valence-electron chi connectivity index (χ4n) is 8.81. The first-order valence-electron chi connectivity index (χ1n) is 24.7. The third kappa shape index (κ3) is 19.3. The zero-order valence-corrected chi connectivity index (χ0v) is 47.5. The van der Waals surface area contributed by atoms with Gasteiger partial charge in [-0.15, -0.1) is 0 Å². The lowest BCUT2D eigenvalue weighted by atomic mass is 9.86. The number of amides is 3. The average Bonchev–Trinajstić information content (AvgIpc) is 3.33. The third-order valence-corrected chi connectivity index (χ3v) is 13.6. The van der Waals surface area contributed by atoms with Crippen LogP contribution in [-0.4, -0.2) is 191 Å². The van der Waals surface area contributed by atoms with Crippen molar-refractivity contribution in [2.24, 2.45) is 0 Å². The molecule has 2 aliphatic rings. The minimum absolute atomic E-state index is 0.240. The molecule has 0 radical (unpaired) electrons. The summed E-state index contributed by atoms with van der Waals surface area (Å²) in [4.78, 5) is 148. The van der Waals surface area contributed by atoms with Crippen molar-refractivity contribution < 1.29 is 127 Å². The van der Waals surface area contributed by atoms with E-state index in [4.69, 9.17) is 61.6 Å². The Morgan fingerprint density at radius 3 is 1.64 bits per heavy atom. The highest BCUT2D eigenvalue weighted by Crippen LogP contribution is 2.43. The molecular weight excluding hydrogens is 1100 g/mol. The number of carbonyl (C=O) groups excluding carboxylic acids is 11. The van der Waals surface area contributed by atoms with Gasteiger partial charge in [0, 0.05) is 70.1 Å². The molecule has 2 fully saturated rings. The summed E-state index contributed by atoms with van der Waals surface area (Å²) >= 11 is 0. The van der Waals surface area contributed by atoms with E-state index in [9.17, 15) is 65.9 Å². The van der Waals surface area contributed by atoms with E-state index in [-0.39, 0.29) is 13.2 Å². The molecule has 0 saturated carbocycles. The van der Waals surface area contributed by atoms with Crippen LogP contribution in [0, 0.1) is 0 Å². The Kier molecular flexibility index (Phi) is 24.7. The molecule has 12 atom stereocenters. The predicted octanol–water partition coefficient (Wildman–Crippen LogP) is 2.29. The number of methoxy groups -OCH3 is 2. The summed E-state index contributed by atoms with van der Waals surface area (Å²) in [6.07, 6.45) is -25.8. The molecule has 3 amide bonds. The summed E-state index contributed by atoms with van der Waals surface area (Å²) in [6.45, 7) is 10.2. The molecule has 0 unspecified atom stereocenters. The van der Waals surface area contributed by atoms with Crippen LogP contribution in [0.25, 0.3) is 0 Å². The Morgan fingerprint density at radius 1 is 0.662 bits per heavy atom. The fourth-order valence-corrected chi connectivity index (χ4v) is 9.52. The van der Waals surface area contributed by atoms with Crippen molar-refractivity contribution in [3.8, 4) is 0 Å². The number of imide groups is 1. The standard InChI is InChI=1S/C50H69F3N2O24Si/c1-26(56)55(27(2)57)40-36(73-30(5)60)22-48(46(65)67-9,71-19-20-80(11,12)13)79-44(40)42(76-33(8)63)38(24-69-23-34-17-15-14-16-18-34)77-49(47(66)68-10)21-35(72-29(4)59)39(54-45(64)50(51,52)53)43(78-49)41(75-32(7)62)37(74-31(6)61)25-70-28(3)58/h14-18,35-44H,19-25H2,1-13H3,(H,54,64)/t35-,36-,37+,38+,39+,40+,41+,42+,43+,44+,48+,49+/m0/s1. The number of hydrogen-bond donors (Lipinski definition) is 1. The Balaban J connectivity index is 2.65. The number of alkyl halides is 3. The van der Waals surface area contributed by atoms with Crippen molar-refractivity contribution in [3.63, 3.8) is 0 Å². The highest BCUT2D eigenvalue weighted by Gasteiger charge is 2.65. The van der Waals surface area contributed by atoms with E-state index in [1.165, 1.54) is 0 Å². The minimum atomic E-state index is -5.72. The number of nitrogens with one attached hydrogen (secondary N) is 1. The van der Waals surface area contributed by atoms with E-state index in [1.54, 1.807) is 35.6 Å².